The zero-order valence-corrected chi connectivity index (χ0v) is 17.5. The van der Waals surface area contributed by atoms with Gasteiger partial charge in [-0.15, -0.1) is 0 Å². The van der Waals surface area contributed by atoms with Gasteiger partial charge in [-0.1, -0.05) is 35.6 Å². The molecule has 1 aliphatic carbocycles. The second-order valence-corrected chi connectivity index (χ2v) is 8.33. The molecule has 0 saturated heterocycles. The number of amides is 1. The first-order chi connectivity index (χ1) is 15.1. The number of fused-ring (bicyclic) bond motifs is 2. The van der Waals surface area contributed by atoms with Gasteiger partial charge in [-0.05, 0) is 29.3 Å². The molecule has 5 rings (SSSR count). The number of anilines is 1. The summed E-state index contributed by atoms with van der Waals surface area (Å²) in [5, 5.41) is 17.2. The van der Waals surface area contributed by atoms with Crippen LogP contribution in [-0.4, -0.2) is 34.1 Å². The molecule has 2 aromatic heterocycles. The molecule has 2 aromatic carbocycles. The van der Waals surface area contributed by atoms with Gasteiger partial charge in [-0.25, -0.2) is 4.98 Å². The fourth-order valence-electron chi connectivity index (χ4n) is 3.77. The van der Waals surface area contributed by atoms with Crippen molar-refractivity contribution in [3.8, 4) is 11.5 Å². The van der Waals surface area contributed by atoms with Crippen LogP contribution in [0.15, 0.2) is 60.8 Å². The van der Waals surface area contributed by atoms with Gasteiger partial charge in [0, 0.05) is 31.8 Å². The molecule has 1 aliphatic rings. The van der Waals surface area contributed by atoms with E-state index in [0.29, 0.717) is 23.6 Å². The molecular weight excluding hydrogens is 412 g/mol. The van der Waals surface area contributed by atoms with Gasteiger partial charge in [0.1, 0.15) is 17.2 Å². The van der Waals surface area contributed by atoms with E-state index in [-0.39, 0.29) is 11.9 Å². The number of nitrogens with one attached hydrogen (secondary N) is 2. The highest BCUT2D eigenvalue weighted by molar-refractivity contribution is 7.22. The fourth-order valence-corrected chi connectivity index (χ4v) is 4.71. The molecular formula is C23H20N4O3S. The molecule has 0 unspecified atom stereocenters. The lowest BCUT2D eigenvalue weighted by Crippen LogP contribution is -2.20. The first kappa shape index (κ1) is 19.5. The summed E-state index contributed by atoms with van der Waals surface area (Å²) in [7, 11) is 1.56. The van der Waals surface area contributed by atoms with Gasteiger partial charge in [0.2, 0.25) is 0 Å². The minimum absolute atomic E-state index is 0.174. The second kappa shape index (κ2) is 7.98. The van der Waals surface area contributed by atoms with Crippen LogP contribution in [0.4, 0.5) is 5.13 Å². The molecule has 0 radical (unpaired) electrons. The molecule has 8 heteroatoms. The van der Waals surface area contributed by atoms with Crippen molar-refractivity contribution in [1.29, 1.82) is 0 Å². The maximum absolute atomic E-state index is 11.8. The van der Waals surface area contributed by atoms with E-state index in [1.165, 1.54) is 17.5 Å². The number of carbonyl (C=O) groups is 1. The highest BCUT2D eigenvalue weighted by Gasteiger charge is 2.31. The zero-order chi connectivity index (χ0) is 21.4. The summed E-state index contributed by atoms with van der Waals surface area (Å²) in [6, 6.07) is 16.9. The van der Waals surface area contributed by atoms with Gasteiger partial charge in [0.15, 0.2) is 5.13 Å². The van der Waals surface area contributed by atoms with Crippen molar-refractivity contribution in [2.24, 2.45) is 0 Å². The molecule has 0 spiro atoms. The molecule has 3 N–H and O–H groups in total. The van der Waals surface area contributed by atoms with Gasteiger partial charge in [0.25, 0.3) is 5.91 Å². The average molecular weight is 433 g/mol. The number of aliphatic hydroxyl groups excluding tert-OH is 1. The fraction of sp³-hybridized carbons (Fsp3) is 0.174. The van der Waals surface area contributed by atoms with Crippen LogP contribution in [0.3, 0.4) is 0 Å². The molecule has 0 fully saturated rings. The van der Waals surface area contributed by atoms with Crippen molar-refractivity contribution in [2.45, 2.75) is 18.6 Å². The van der Waals surface area contributed by atoms with Crippen molar-refractivity contribution in [1.82, 2.24) is 15.3 Å². The summed E-state index contributed by atoms with van der Waals surface area (Å²) in [6.07, 6.45) is 1.70. The molecule has 7 nitrogen and oxygen atoms in total. The van der Waals surface area contributed by atoms with E-state index >= 15 is 0 Å². The van der Waals surface area contributed by atoms with Crippen molar-refractivity contribution in [2.75, 3.05) is 12.4 Å². The maximum atomic E-state index is 11.8. The summed E-state index contributed by atoms with van der Waals surface area (Å²) in [4.78, 5) is 20.5. The maximum Gasteiger partial charge on any atom is 0.269 e. The molecule has 2 atom stereocenters. The van der Waals surface area contributed by atoms with Crippen LogP contribution in [-0.2, 0) is 6.42 Å². The summed E-state index contributed by atoms with van der Waals surface area (Å²) in [6.45, 7) is 0. The van der Waals surface area contributed by atoms with Gasteiger partial charge < -0.3 is 20.5 Å². The number of rotatable bonds is 5. The Morgan fingerprint density at radius 2 is 2.00 bits per heavy atom. The number of benzene rings is 2. The second-order valence-electron chi connectivity index (χ2n) is 7.30. The number of aromatic nitrogens is 2. The Labute approximate surface area is 182 Å². The number of hydrogen-bond donors (Lipinski definition) is 3. The molecule has 4 aromatic rings. The largest absolute Gasteiger partial charge is 0.457 e. The van der Waals surface area contributed by atoms with E-state index < -0.39 is 6.10 Å². The van der Waals surface area contributed by atoms with Crippen molar-refractivity contribution in [3.05, 3.63) is 77.6 Å². The van der Waals surface area contributed by atoms with Crippen LogP contribution in [0.1, 0.15) is 27.7 Å². The lowest BCUT2D eigenvalue weighted by Gasteiger charge is -2.16. The third-order valence-corrected chi connectivity index (χ3v) is 6.22. The normalized spacial score (nSPS) is 17.4. The Hall–Kier alpha value is -3.49. The summed E-state index contributed by atoms with van der Waals surface area (Å²) >= 11 is 1.51. The van der Waals surface area contributed by atoms with E-state index in [9.17, 15) is 9.90 Å². The number of pyridine rings is 1. The molecule has 2 heterocycles. The first-order valence-electron chi connectivity index (χ1n) is 9.90. The van der Waals surface area contributed by atoms with E-state index in [0.717, 1.165) is 26.5 Å². The summed E-state index contributed by atoms with van der Waals surface area (Å²) < 4.78 is 6.89. The third kappa shape index (κ3) is 3.83. The minimum Gasteiger partial charge on any atom is -0.457 e. The van der Waals surface area contributed by atoms with Gasteiger partial charge in [0.05, 0.1) is 22.4 Å². The molecule has 0 saturated carbocycles. The van der Waals surface area contributed by atoms with Gasteiger partial charge >= 0.3 is 0 Å². The summed E-state index contributed by atoms with van der Waals surface area (Å²) in [5.74, 6) is 0.902. The van der Waals surface area contributed by atoms with E-state index in [4.69, 9.17) is 4.74 Å². The first-order valence-corrected chi connectivity index (χ1v) is 10.7. The predicted octanol–water partition coefficient (Wildman–Crippen LogP) is 3.91. The Balaban J connectivity index is 1.37. The number of aliphatic hydroxyl groups is 1. The molecule has 156 valence electrons. The zero-order valence-electron chi connectivity index (χ0n) is 16.7. The predicted molar refractivity (Wildman–Crippen MR) is 120 cm³/mol. The Morgan fingerprint density at radius 3 is 2.87 bits per heavy atom. The monoisotopic (exact) mass is 432 g/mol. The molecule has 31 heavy (non-hydrogen) atoms. The Bertz CT molecular complexity index is 1270. The van der Waals surface area contributed by atoms with Crippen LogP contribution in [0, 0.1) is 0 Å². The van der Waals surface area contributed by atoms with Crippen LogP contribution in [0.5, 0.6) is 11.5 Å². The van der Waals surface area contributed by atoms with Crippen molar-refractivity contribution < 1.29 is 14.6 Å². The van der Waals surface area contributed by atoms with Crippen LogP contribution < -0.4 is 15.4 Å². The van der Waals surface area contributed by atoms with Gasteiger partial charge in [-0.3, -0.25) is 9.78 Å². The quantitative estimate of drug-likeness (QED) is 0.442. The molecule has 1 amide bonds. The van der Waals surface area contributed by atoms with Crippen molar-refractivity contribution in [3.63, 3.8) is 0 Å². The topological polar surface area (TPSA) is 96.4 Å². The SMILES string of the molecule is CNC(=O)c1cc(Oc2ccc3nc(N[C@@H]4c5ccccc5C[C@@H]4O)sc3c2)ccn1. The van der Waals surface area contributed by atoms with Crippen LogP contribution in [0.2, 0.25) is 0 Å². The molecule has 0 bridgehead atoms. The minimum atomic E-state index is -0.482. The third-order valence-electron chi connectivity index (χ3n) is 5.27. The average Bonchev–Trinajstić information content (AvgIpc) is 3.33. The number of ether oxygens (including phenoxy) is 1. The van der Waals surface area contributed by atoms with Crippen LogP contribution in [0.25, 0.3) is 10.2 Å². The summed E-state index contributed by atoms with van der Waals surface area (Å²) in [5.41, 5.74) is 3.42. The standard InChI is InChI=1S/C23H20N4O3S/c1-24-22(29)18-11-15(8-9-25-18)30-14-6-7-17-20(12-14)31-23(26-17)27-21-16-5-3-2-4-13(16)10-19(21)28/h2-9,11-12,19,21,28H,10H2,1H3,(H,24,29)(H,26,27)/t19-,21+/m0/s1. The van der Waals surface area contributed by atoms with Crippen LogP contribution >= 0.6 is 11.3 Å². The lowest BCUT2D eigenvalue weighted by molar-refractivity contribution is 0.0958. The number of hydrogen-bond acceptors (Lipinski definition) is 7. The van der Waals surface area contributed by atoms with Crippen molar-refractivity contribution >= 4 is 32.6 Å². The number of carbonyl (C=O) groups excluding carboxylic acids is 1. The highest BCUT2D eigenvalue weighted by atomic mass is 32.1. The van der Waals surface area contributed by atoms with E-state index in [2.05, 4.69) is 26.7 Å². The smallest absolute Gasteiger partial charge is 0.269 e. The lowest BCUT2D eigenvalue weighted by atomic mass is 10.1. The van der Waals surface area contributed by atoms with Gasteiger partial charge in [-0.2, -0.15) is 0 Å². The van der Waals surface area contributed by atoms with E-state index in [1.54, 1.807) is 19.2 Å². The van der Waals surface area contributed by atoms with E-state index in [1.807, 2.05) is 36.4 Å². The Kier molecular flexibility index (Phi) is 5.01. The highest BCUT2D eigenvalue weighted by Crippen LogP contribution is 2.37. The number of thiazole rings is 1. The number of nitrogens with zero attached hydrogens (tertiary/aromatic N) is 2. The Morgan fingerprint density at radius 1 is 1.16 bits per heavy atom. The molecule has 0 aliphatic heterocycles.